The van der Waals surface area contributed by atoms with Gasteiger partial charge in [-0.2, -0.15) is 0 Å². The molecule has 0 saturated carbocycles. The molecule has 0 bridgehead atoms. The number of nitrogens with two attached hydrogens (primary N) is 1. The Kier molecular flexibility index (Phi) is 5.15. The van der Waals surface area contributed by atoms with E-state index in [2.05, 4.69) is 4.98 Å². The number of Topliss-reactive ketones (excluding diaryl/α,β-unsaturated/α-hetero) is 1. The van der Waals surface area contributed by atoms with E-state index in [4.69, 9.17) is 10.5 Å². The van der Waals surface area contributed by atoms with Crippen molar-refractivity contribution in [3.63, 3.8) is 0 Å². The van der Waals surface area contributed by atoms with Crippen molar-refractivity contribution in [3.8, 4) is 0 Å². The number of aromatic nitrogens is 1. The molecule has 0 radical (unpaired) electrons. The van der Waals surface area contributed by atoms with Gasteiger partial charge in [0.05, 0.1) is 10.2 Å². The number of nitrogens with zero attached hydrogens (tertiary/aromatic N) is 1. The summed E-state index contributed by atoms with van der Waals surface area (Å²) >= 11 is 1.23. The van der Waals surface area contributed by atoms with Gasteiger partial charge in [0.2, 0.25) is 5.78 Å². The van der Waals surface area contributed by atoms with Crippen molar-refractivity contribution in [2.75, 3.05) is 0 Å². The van der Waals surface area contributed by atoms with Gasteiger partial charge < -0.3 is 10.5 Å². The van der Waals surface area contributed by atoms with Crippen molar-refractivity contribution in [1.29, 1.82) is 0 Å². The molecule has 134 valence electrons. The van der Waals surface area contributed by atoms with E-state index in [-0.39, 0.29) is 11.6 Å². The molecule has 2 N–H and O–H groups in total. The van der Waals surface area contributed by atoms with Crippen LogP contribution in [0.3, 0.4) is 0 Å². The first kappa shape index (κ1) is 18.2. The Morgan fingerprint density at radius 1 is 1.12 bits per heavy atom. The summed E-state index contributed by atoms with van der Waals surface area (Å²) in [5.74, 6) is -1.68. The maximum absolute atomic E-state index is 13.1. The Balaban J connectivity index is 1.85. The lowest BCUT2D eigenvalue weighted by Crippen LogP contribution is -2.59. The first-order valence-electron chi connectivity index (χ1n) is 8.33. The molecule has 1 atom stereocenters. The summed E-state index contributed by atoms with van der Waals surface area (Å²) in [6, 6.07) is 16.7. The predicted octanol–water partition coefficient (Wildman–Crippen LogP) is 3.58. The standard InChI is InChI=1S/C20H20N2O3S/c1-13(2)20(21,19(24)25-12-14-8-4-3-5-9-14)17(23)18-22-15-10-6-7-11-16(15)26-18/h3-11,13H,12,21H2,1-2H3/t20-/m0/s1. The minimum atomic E-state index is -1.78. The molecule has 0 amide bonds. The summed E-state index contributed by atoms with van der Waals surface area (Å²) in [6.07, 6.45) is 0. The number of hydrogen-bond donors (Lipinski definition) is 1. The third-order valence-corrected chi connectivity index (χ3v) is 5.36. The van der Waals surface area contributed by atoms with Crippen LogP contribution in [0, 0.1) is 5.92 Å². The summed E-state index contributed by atoms with van der Waals surface area (Å²) in [7, 11) is 0. The smallest absolute Gasteiger partial charge is 0.335 e. The minimum Gasteiger partial charge on any atom is -0.459 e. The molecule has 0 saturated heterocycles. The number of esters is 1. The molecule has 2 aromatic carbocycles. The number of rotatable bonds is 6. The van der Waals surface area contributed by atoms with Crippen LogP contribution in [0.4, 0.5) is 0 Å². The van der Waals surface area contributed by atoms with E-state index >= 15 is 0 Å². The highest BCUT2D eigenvalue weighted by atomic mass is 32.1. The van der Waals surface area contributed by atoms with Crippen molar-refractivity contribution in [1.82, 2.24) is 4.98 Å². The molecular weight excluding hydrogens is 348 g/mol. The summed E-state index contributed by atoms with van der Waals surface area (Å²) in [5.41, 5.74) is 6.06. The lowest BCUT2D eigenvalue weighted by Gasteiger charge is -2.28. The van der Waals surface area contributed by atoms with E-state index in [1.807, 2.05) is 54.6 Å². The Bertz CT molecular complexity index is 903. The molecular formula is C20H20N2O3S. The van der Waals surface area contributed by atoms with Crippen LogP contribution in [0.5, 0.6) is 0 Å². The van der Waals surface area contributed by atoms with E-state index in [1.165, 1.54) is 11.3 Å². The molecule has 6 heteroatoms. The normalized spacial score (nSPS) is 13.5. The molecule has 0 spiro atoms. The number of thiazole rings is 1. The molecule has 3 rings (SSSR count). The van der Waals surface area contributed by atoms with Gasteiger partial charge in [-0.15, -0.1) is 11.3 Å². The number of ketones is 1. The van der Waals surface area contributed by atoms with Gasteiger partial charge in [0, 0.05) is 0 Å². The Morgan fingerprint density at radius 2 is 1.77 bits per heavy atom. The zero-order valence-electron chi connectivity index (χ0n) is 14.6. The van der Waals surface area contributed by atoms with Crippen LogP contribution in [-0.4, -0.2) is 22.3 Å². The van der Waals surface area contributed by atoms with E-state index in [9.17, 15) is 9.59 Å². The summed E-state index contributed by atoms with van der Waals surface area (Å²) in [4.78, 5) is 30.1. The number of carbonyl (C=O) groups is 2. The van der Waals surface area contributed by atoms with Gasteiger partial charge in [0.1, 0.15) is 6.61 Å². The van der Waals surface area contributed by atoms with Gasteiger partial charge in [-0.1, -0.05) is 56.3 Å². The van der Waals surface area contributed by atoms with Crippen LogP contribution in [0.25, 0.3) is 10.2 Å². The fourth-order valence-electron chi connectivity index (χ4n) is 2.58. The zero-order valence-corrected chi connectivity index (χ0v) is 15.5. The van der Waals surface area contributed by atoms with E-state index in [0.717, 1.165) is 10.3 Å². The van der Waals surface area contributed by atoms with E-state index in [1.54, 1.807) is 13.8 Å². The lowest BCUT2D eigenvalue weighted by atomic mass is 9.83. The lowest BCUT2D eigenvalue weighted by molar-refractivity contribution is -0.151. The molecule has 26 heavy (non-hydrogen) atoms. The first-order valence-corrected chi connectivity index (χ1v) is 9.15. The quantitative estimate of drug-likeness (QED) is 0.408. The van der Waals surface area contributed by atoms with Gasteiger partial charge in [-0.05, 0) is 23.6 Å². The largest absolute Gasteiger partial charge is 0.459 e. The summed E-state index contributed by atoms with van der Waals surface area (Å²) in [6.45, 7) is 3.53. The number of ether oxygens (including phenoxy) is 1. The molecule has 0 aliphatic carbocycles. The average molecular weight is 368 g/mol. The first-order chi connectivity index (χ1) is 12.4. The topological polar surface area (TPSA) is 82.3 Å². The second-order valence-corrected chi connectivity index (χ2v) is 7.43. The number of benzene rings is 2. The molecule has 0 aliphatic rings. The van der Waals surface area contributed by atoms with Crippen molar-refractivity contribution in [2.45, 2.75) is 26.0 Å². The second kappa shape index (κ2) is 7.35. The van der Waals surface area contributed by atoms with Crippen LogP contribution < -0.4 is 5.73 Å². The van der Waals surface area contributed by atoms with Crippen LogP contribution >= 0.6 is 11.3 Å². The van der Waals surface area contributed by atoms with Gasteiger partial charge in [0.15, 0.2) is 10.5 Å². The van der Waals surface area contributed by atoms with Crippen LogP contribution in [0.1, 0.15) is 29.2 Å². The Hall–Kier alpha value is -2.57. The maximum Gasteiger partial charge on any atom is 0.335 e. The van der Waals surface area contributed by atoms with Gasteiger partial charge >= 0.3 is 5.97 Å². The third-order valence-electron chi connectivity index (χ3n) is 4.33. The minimum absolute atomic E-state index is 0.0679. The number of carbonyl (C=O) groups excluding carboxylic acids is 2. The van der Waals surface area contributed by atoms with Crippen molar-refractivity contribution < 1.29 is 14.3 Å². The predicted molar refractivity (Wildman–Crippen MR) is 102 cm³/mol. The molecule has 0 fully saturated rings. The van der Waals surface area contributed by atoms with E-state index in [0.29, 0.717) is 5.52 Å². The fraction of sp³-hybridized carbons (Fsp3) is 0.250. The average Bonchev–Trinajstić information content (AvgIpc) is 3.09. The Labute approximate surface area is 155 Å². The summed E-state index contributed by atoms with van der Waals surface area (Å²) < 4.78 is 6.24. The SMILES string of the molecule is CC(C)[C@@](N)(C(=O)OCc1ccccc1)C(=O)c1nc2ccccc2s1. The fourth-order valence-corrected chi connectivity index (χ4v) is 3.56. The maximum atomic E-state index is 13.1. The number of hydrogen-bond acceptors (Lipinski definition) is 6. The van der Waals surface area contributed by atoms with Gasteiger partial charge in [0.25, 0.3) is 0 Å². The number of fused-ring (bicyclic) bond motifs is 1. The van der Waals surface area contributed by atoms with Gasteiger partial charge in [-0.3, -0.25) is 4.79 Å². The molecule has 1 aromatic heterocycles. The second-order valence-electron chi connectivity index (χ2n) is 6.40. The molecule has 5 nitrogen and oxygen atoms in total. The van der Waals surface area contributed by atoms with Crippen molar-refractivity contribution in [2.24, 2.45) is 11.7 Å². The highest BCUT2D eigenvalue weighted by Gasteiger charge is 2.48. The molecule has 1 heterocycles. The van der Waals surface area contributed by atoms with Crippen LogP contribution in [-0.2, 0) is 16.1 Å². The molecule has 0 unspecified atom stereocenters. The van der Waals surface area contributed by atoms with Crippen molar-refractivity contribution in [3.05, 3.63) is 65.2 Å². The molecule has 0 aliphatic heterocycles. The summed E-state index contributed by atoms with van der Waals surface area (Å²) in [5, 5.41) is 0.221. The van der Waals surface area contributed by atoms with Crippen molar-refractivity contribution >= 4 is 33.3 Å². The van der Waals surface area contributed by atoms with Crippen LogP contribution in [0.15, 0.2) is 54.6 Å². The van der Waals surface area contributed by atoms with Gasteiger partial charge in [-0.25, -0.2) is 9.78 Å². The number of para-hydroxylation sites is 1. The zero-order chi connectivity index (χ0) is 18.7. The monoisotopic (exact) mass is 368 g/mol. The van der Waals surface area contributed by atoms with E-state index < -0.39 is 23.2 Å². The third kappa shape index (κ3) is 3.38. The van der Waals surface area contributed by atoms with Crippen LogP contribution in [0.2, 0.25) is 0 Å². The Morgan fingerprint density at radius 3 is 2.42 bits per heavy atom. The highest BCUT2D eigenvalue weighted by Crippen LogP contribution is 2.28. The molecule has 3 aromatic rings. The highest BCUT2D eigenvalue weighted by molar-refractivity contribution is 7.20.